The third-order valence-electron chi connectivity index (χ3n) is 1.74. The van der Waals surface area contributed by atoms with Crippen LogP contribution in [0.15, 0.2) is 21.0 Å². The van der Waals surface area contributed by atoms with E-state index in [0.29, 0.717) is 5.41 Å². The molecule has 0 atom stereocenters. The smallest absolute Gasteiger partial charge is 0.147 e. The molecule has 0 unspecified atom stereocenters. The van der Waals surface area contributed by atoms with Gasteiger partial charge in [-0.2, -0.15) is 0 Å². The number of halogens is 3. The minimum Gasteiger partial charge on any atom is -0.147 e. The van der Waals surface area contributed by atoms with Gasteiger partial charge in [0, 0.05) is 0 Å². The molecule has 0 heterocycles. The second-order valence-electron chi connectivity index (χ2n) is 3.75. The maximum Gasteiger partial charge on any atom is -0.147 e. The van der Waals surface area contributed by atoms with Gasteiger partial charge in [0.1, 0.15) is 0 Å². The summed E-state index contributed by atoms with van der Waals surface area (Å²) in [5.41, 5.74) is 1.93. The van der Waals surface area contributed by atoms with Crippen molar-refractivity contribution in [3.63, 3.8) is 0 Å². The Labute approximate surface area is 115 Å². The zero-order chi connectivity index (χ0) is 7.78. The van der Waals surface area contributed by atoms with Crippen LogP contribution in [-0.4, -0.2) is 0 Å². The third-order valence-corrected chi connectivity index (χ3v) is 2.90. The molecule has 4 heteroatoms. The second-order valence-corrected chi connectivity index (χ2v) is 5.23. The van der Waals surface area contributed by atoms with Gasteiger partial charge in [-0.3, -0.25) is 0 Å². The van der Waals surface area contributed by atoms with Crippen LogP contribution in [0.25, 0.3) is 0 Å². The Balaban J connectivity index is -0.000000333. The number of rotatable bonds is 0. The summed E-state index contributed by atoms with van der Waals surface area (Å²) in [4.78, 5) is 0. The van der Waals surface area contributed by atoms with Crippen molar-refractivity contribution in [3.05, 3.63) is 21.0 Å². The van der Waals surface area contributed by atoms with Crippen LogP contribution in [0.1, 0.15) is 27.2 Å². The molecular formula is C9H16Cl3Zr. The Morgan fingerprint density at radius 2 is 1.62 bits per heavy atom. The Morgan fingerprint density at radius 1 is 1.15 bits per heavy atom. The molecule has 0 nitrogen and oxygen atoms in total. The van der Waals surface area contributed by atoms with Gasteiger partial charge in [-0.15, -0.1) is 37.2 Å². The van der Waals surface area contributed by atoms with Crippen LogP contribution in [0.2, 0.25) is 0 Å². The molecule has 0 aromatic heterocycles. The second kappa shape index (κ2) is 7.52. The monoisotopic (exact) mass is 319 g/mol. The fraction of sp³-hybridized carbons (Fsp3) is 0.556. The van der Waals surface area contributed by atoms with E-state index < -0.39 is 0 Å². The molecule has 1 rings (SSSR count). The summed E-state index contributed by atoms with van der Waals surface area (Å²) in [5, 5.41) is 0. The van der Waals surface area contributed by atoms with Crippen LogP contribution >= 0.6 is 37.2 Å². The van der Waals surface area contributed by atoms with Crippen molar-refractivity contribution >= 4 is 37.2 Å². The van der Waals surface area contributed by atoms with Crippen molar-refractivity contribution in [2.75, 3.05) is 0 Å². The number of hydrogen-bond acceptors (Lipinski definition) is 0. The minimum absolute atomic E-state index is 0. The Morgan fingerprint density at radius 3 is 1.77 bits per heavy atom. The van der Waals surface area contributed by atoms with E-state index in [9.17, 15) is 0 Å². The third kappa shape index (κ3) is 5.62. The predicted octanol–water partition coefficient (Wildman–Crippen LogP) is 4.06. The van der Waals surface area contributed by atoms with E-state index in [4.69, 9.17) is 0 Å². The summed E-state index contributed by atoms with van der Waals surface area (Å²) in [5.74, 6) is 0. The zero-order valence-corrected chi connectivity index (χ0v) is 13.0. The molecule has 0 spiro atoms. The zero-order valence-electron chi connectivity index (χ0n) is 8.09. The molecule has 77 valence electrons. The van der Waals surface area contributed by atoms with Crippen molar-refractivity contribution < 1.29 is 24.7 Å². The van der Waals surface area contributed by atoms with E-state index in [-0.39, 0.29) is 37.2 Å². The van der Waals surface area contributed by atoms with Crippen LogP contribution in [0.3, 0.4) is 0 Å². The van der Waals surface area contributed by atoms with Crippen LogP contribution < -0.4 is 0 Å². The van der Waals surface area contributed by atoms with Crippen molar-refractivity contribution in [2.45, 2.75) is 27.2 Å². The van der Waals surface area contributed by atoms with Gasteiger partial charge in [-0.05, 0) is 0 Å². The van der Waals surface area contributed by atoms with E-state index in [1.807, 2.05) is 0 Å². The summed E-state index contributed by atoms with van der Waals surface area (Å²) in [6, 6.07) is 0. The molecule has 0 saturated carbocycles. The van der Waals surface area contributed by atoms with Crippen molar-refractivity contribution in [1.29, 1.82) is 0 Å². The first-order valence-corrected chi connectivity index (χ1v) is 4.86. The van der Waals surface area contributed by atoms with E-state index in [1.54, 1.807) is 33.6 Å². The topological polar surface area (TPSA) is 0 Å². The van der Waals surface area contributed by atoms with Crippen LogP contribution in [0.5, 0.6) is 0 Å². The van der Waals surface area contributed by atoms with Gasteiger partial charge in [0.2, 0.25) is 0 Å². The van der Waals surface area contributed by atoms with Gasteiger partial charge in [-0.1, -0.05) is 0 Å². The molecular weight excluding hydrogens is 306 g/mol. The maximum atomic E-state index is 2.28. The Hall–Kier alpha value is 1.23. The molecule has 0 aliphatic heterocycles. The summed E-state index contributed by atoms with van der Waals surface area (Å²) in [7, 11) is 0. The molecule has 0 radical (unpaired) electrons. The van der Waals surface area contributed by atoms with Gasteiger partial charge in [0.05, 0.1) is 0 Å². The van der Waals surface area contributed by atoms with E-state index in [1.165, 1.54) is 6.42 Å². The molecule has 1 aliphatic rings. The van der Waals surface area contributed by atoms with Crippen molar-refractivity contribution in [1.82, 2.24) is 0 Å². The van der Waals surface area contributed by atoms with E-state index in [0.717, 1.165) is 0 Å². The molecule has 0 amide bonds. The van der Waals surface area contributed by atoms with Crippen LogP contribution in [-0.2, 0) is 24.7 Å². The predicted molar refractivity (Wildman–Crippen MR) is 62.0 cm³/mol. The van der Waals surface area contributed by atoms with E-state index in [2.05, 4.69) is 32.9 Å². The normalized spacial score (nSPS) is 14.3. The number of hydrogen-bond donors (Lipinski definition) is 0. The molecule has 0 saturated heterocycles. The van der Waals surface area contributed by atoms with E-state index >= 15 is 0 Å². The quantitative estimate of drug-likeness (QED) is 0.631. The maximum absolute atomic E-state index is 2.28. The average molecular weight is 322 g/mol. The Bertz CT molecular complexity index is 201. The molecule has 0 aromatic rings. The summed E-state index contributed by atoms with van der Waals surface area (Å²) in [6.45, 7) is 6.84. The van der Waals surface area contributed by atoms with Crippen molar-refractivity contribution in [2.24, 2.45) is 5.41 Å². The summed E-state index contributed by atoms with van der Waals surface area (Å²) >= 11 is 1.58. The van der Waals surface area contributed by atoms with Gasteiger partial charge in [0.25, 0.3) is 0 Å². The first kappa shape index (κ1) is 19.8. The SMILES string of the molecule is CC(C)(C)C1=[C]([Zr])CC=C1.Cl.Cl.Cl. The summed E-state index contributed by atoms with van der Waals surface area (Å²) in [6.07, 6.45) is 5.75. The van der Waals surface area contributed by atoms with Gasteiger partial charge < -0.3 is 0 Å². The average Bonchev–Trinajstić information content (AvgIpc) is 2.11. The molecule has 0 N–H and O–H groups in total. The van der Waals surface area contributed by atoms with Gasteiger partial charge in [0.15, 0.2) is 0 Å². The standard InChI is InChI=1S/C9H13.3ClH.Zr/c1-9(2,3)8-6-4-5-7-8;;;;/h4,6H,5H2,1-3H3;3*1H;. The molecule has 13 heavy (non-hydrogen) atoms. The summed E-state index contributed by atoms with van der Waals surface area (Å²) < 4.78 is 1.62. The van der Waals surface area contributed by atoms with Crippen LogP contribution in [0, 0.1) is 5.41 Å². The molecule has 1 aliphatic carbocycles. The fourth-order valence-electron chi connectivity index (χ4n) is 1.21. The van der Waals surface area contributed by atoms with Crippen molar-refractivity contribution in [3.8, 4) is 0 Å². The number of allylic oxidation sites excluding steroid dienone is 4. The van der Waals surface area contributed by atoms with Gasteiger partial charge in [-0.25, -0.2) is 0 Å². The molecule has 0 aromatic carbocycles. The van der Waals surface area contributed by atoms with Crippen LogP contribution in [0.4, 0.5) is 0 Å². The first-order valence-electron chi connectivity index (χ1n) is 3.63. The largest absolute Gasteiger partial charge is 0.147 e. The Kier molecular flexibility index (Phi) is 11.4. The molecule has 0 fully saturated rings. The fourth-order valence-corrected chi connectivity index (χ4v) is 2.62. The van der Waals surface area contributed by atoms with Gasteiger partial charge >= 0.3 is 78.3 Å². The molecule has 0 bridgehead atoms. The minimum atomic E-state index is 0. The first-order chi connectivity index (χ1) is 4.52.